The maximum absolute atomic E-state index is 13.0. The Hall–Kier alpha value is -2.80. The molecule has 0 N–H and O–H groups in total. The highest BCUT2D eigenvalue weighted by atomic mass is 32.1. The lowest BCUT2D eigenvalue weighted by atomic mass is 10.2. The molecule has 1 fully saturated rings. The lowest BCUT2D eigenvalue weighted by molar-refractivity contribution is 0.0750. The molecular weight excluding hydrogens is 382 g/mol. The molecule has 3 aromatic rings. The Morgan fingerprint density at radius 2 is 1.83 bits per heavy atom. The number of nitrogens with zero attached hydrogens (tertiary/aromatic N) is 5. The summed E-state index contributed by atoms with van der Waals surface area (Å²) in [5.41, 5.74) is 1.86. The molecule has 0 radical (unpaired) electrons. The van der Waals surface area contributed by atoms with Gasteiger partial charge in [0, 0.05) is 37.9 Å². The summed E-state index contributed by atoms with van der Waals surface area (Å²) in [6.45, 7) is 6.96. The van der Waals surface area contributed by atoms with Gasteiger partial charge in [0.2, 0.25) is 0 Å². The zero-order valence-corrected chi connectivity index (χ0v) is 17.7. The van der Waals surface area contributed by atoms with Gasteiger partial charge in [0.25, 0.3) is 5.91 Å². The number of carbonyl (C=O) groups is 1. The summed E-state index contributed by atoms with van der Waals surface area (Å²) < 4.78 is 0. The molecule has 1 amide bonds. The van der Waals surface area contributed by atoms with Crippen molar-refractivity contribution in [3.8, 4) is 11.4 Å². The average Bonchev–Trinajstić information content (AvgIpc) is 3.14. The molecule has 0 unspecified atom stereocenters. The van der Waals surface area contributed by atoms with Gasteiger partial charge < -0.3 is 9.80 Å². The monoisotopic (exact) mass is 407 g/mol. The second-order valence-corrected chi connectivity index (χ2v) is 8.24. The first-order valence-corrected chi connectivity index (χ1v) is 10.9. The molecule has 0 bridgehead atoms. The Labute approximate surface area is 175 Å². The van der Waals surface area contributed by atoms with Crippen molar-refractivity contribution < 1.29 is 4.79 Å². The number of thiazole rings is 1. The first-order valence-electron chi connectivity index (χ1n) is 10.0. The number of amides is 1. The molecule has 1 aromatic carbocycles. The second kappa shape index (κ2) is 8.69. The molecule has 4 rings (SSSR count). The van der Waals surface area contributed by atoms with Crippen molar-refractivity contribution in [2.75, 3.05) is 31.1 Å². The van der Waals surface area contributed by atoms with Crippen LogP contribution in [0.4, 0.5) is 5.82 Å². The summed E-state index contributed by atoms with van der Waals surface area (Å²) >= 11 is 1.55. The minimum Gasteiger partial charge on any atom is -0.353 e. The predicted molar refractivity (Wildman–Crippen MR) is 116 cm³/mol. The molecule has 29 heavy (non-hydrogen) atoms. The lowest BCUT2D eigenvalue weighted by Gasteiger charge is -2.35. The second-order valence-electron chi connectivity index (χ2n) is 7.16. The standard InChI is InChI=1S/C22H25N5OS/c1-3-7-19-24-16(2)20(29-19)22(28)27-14-12-26(13-15-27)18-10-11-23-21(25-18)17-8-5-4-6-9-17/h4-6,8-11H,3,7,12-15H2,1-2H3. The van der Waals surface area contributed by atoms with E-state index in [0.29, 0.717) is 13.1 Å². The van der Waals surface area contributed by atoms with Gasteiger partial charge >= 0.3 is 0 Å². The Bertz CT molecular complexity index is 980. The molecule has 0 aliphatic carbocycles. The lowest BCUT2D eigenvalue weighted by Crippen LogP contribution is -2.49. The number of aromatic nitrogens is 3. The fraction of sp³-hybridized carbons (Fsp3) is 0.364. The molecule has 0 spiro atoms. The molecule has 0 atom stereocenters. The van der Waals surface area contributed by atoms with Crippen LogP contribution in [0.3, 0.4) is 0 Å². The number of anilines is 1. The van der Waals surface area contributed by atoms with Crippen LogP contribution in [0.1, 0.15) is 33.7 Å². The van der Waals surface area contributed by atoms with E-state index >= 15 is 0 Å². The van der Waals surface area contributed by atoms with Gasteiger partial charge in [0.15, 0.2) is 5.82 Å². The quantitative estimate of drug-likeness (QED) is 0.643. The van der Waals surface area contributed by atoms with E-state index in [-0.39, 0.29) is 5.91 Å². The van der Waals surface area contributed by atoms with Crippen LogP contribution in [-0.2, 0) is 6.42 Å². The highest BCUT2D eigenvalue weighted by molar-refractivity contribution is 7.13. The average molecular weight is 408 g/mol. The largest absolute Gasteiger partial charge is 0.353 e. The maximum atomic E-state index is 13.0. The molecule has 1 aliphatic heterocycles. The molecule has 6 nitrogen and oxygen atoms in total. The first kappa shape index (κ1) is 19.5. The Balaban J connectivity index is 1.43. The van der Waals surface area contributed by atoms with Gasteiger partial charge in [-0.05, 0) is 25.8 Å². The van der Waals surface area contributed by atoms with Crippen LogP contribution >= 0.6 is 11.3 Å². The smallest absolute Gasteiger partial charge is 0.265 e. The van der Waals surface area contributed by atoms with Crippen LogP contribution in [0.15, 0.2) is 42.6 Å². The van der Waals surface area contributed by atoms with Gasteiger partial charge in [-0.2, -0.15) is 0 Å². The van der Waals surface area contributed by atoms with Gasteiger partial charge in [0.1, 0.15) is 10.7 Å². The van der Waals surface area contributed by atoms with Crippen LogP contribution in [0.25, 0.3) is 11.4 Å². The van der Waals surface area contributed by atoms with E-state index in [1.807, 2.05) is 48.2 Å². The van der Waals surface area contributed by atoms with E-state index in [4.69, 9.17) is 4.98 Å². The molecule has 3 heterocycles. The number of benzene rings is 1. The van der Waals surface area contributed by atoms with Crippen molar-refractivity contribution in [3.63, 3.8) is 0 Å². The number of aryl methyl sites for hydroxylation is 2. The summed E-state index contributed by atoms with van der Waals surface area (Å²) in [6, 6.07) is 11.9. The Morgan fingerprint density at radius 3 is 2.55 bits per heavy atom. The van der Waals surface area contributed by atoms with Crippen molar-refractivity contribution in [1.82, 2.24) is 19.9 Å². The number of hydrogen-bond donors (Lipinski definition) is 0. The summed E-state index contributed by atoms with van der Waals surface area (Å²) in [4.78, 5) is 31.6. The minimum atomic E-state index is 0.106. The van der Waals surface area contributed by atoms with Gasteiger partial charge in [0.05, 0.1) is 10.7 Å². The van der Waals surface area contributed by atoms with Crippen molar-refractivity contribution in [2.45, 2.75) is 26.7 Å². The fourth-order valence-electron chi connectivity index (χ4n) is 3.51. The third-order valence-corrected chi connectivity index (χ3v) is 6.27. The van der Waals surface area contributed by atoms with Gasteiger partial charge in [-0.15, -0.1) is 11.3 Å². The number of hydrogen-bond acceptors (Lipinski definition) is 6. The van der Waals surface area contributed by atoms with Crippen molar-refractivity contribution >= 4 is 23.1 Å². The van der Waals surface area contributed by atoms with Crippen LogP contribution < -0.4 is 4.90 Å². The Morgan fingerprint density at radius 1 is 1.07 bits per heavy atom. The summed E-state index contributed by atoms with van der Waals surface area (Å²) in [5.74, 6) is 1.74. The zero-order valence-electron chi connectivity index (χ0n) is 16.8. The van der Waals surface area contributed by atoms with Crippen molar-refractivity contribution in [1.29, 1.82) is 0 Å². The normalized spacial score (nSPS) is 14.3. The summed E-state index contributed by atoms with van der Waals surface area (Å²) in [7, 11) is 0. The van der Waals surface area contributed by atoms with Crippen molar-refractivity contribution in [3.05, 3.63) is 58.2 Å². The number of piperazine rings is 1. The Kier molecular flexibility index (Phi) is 5.85. The summed E-state index contributed by atoms with van der Waals surface area (Å²) in [6.07, 6.45) is 3.78. The van der Waals surface area contributed by atoms with E-state index in [1.54, 1.807) is 17.5 Å². The van der Waals surface area contributed by atoms with Crippen LogP contribution in [0, 0.1) is 6.92 Å². The number of carbonyl (C=O) groups excluding carboxylic acids is 1. The molecule has 0 saturated carbocycles. The molecular formula is C22H25N5OS. The maximum Gasteiger partial charge on any atom is 0.265 e. The third-order valence-electron chi connectivity index (χ3n) is 5.06. The third kappa shape index (κ3) is 4.29. The van der Waals surface area contributed by atoms with Crippen LogP contribution in [0.2, 0.25) is 0 Å². The first-order chi connectivity index (χ1) is 14.2. The molecule has 7 heteroatoms. The van der Waals surface area contributed by atoms with Crippen LogP contribution in [-0.4, -0.2) is 51.9 Å². The van der Waals surface area contributed by atoms with Crippen molar-refractivity contribution in [2.24, 2.45) is 0 Å². The van der Waals surface area contributed by atoms with E-state index in [9.17, 15) is 4.79 Å². The van der Waals surface area contributed by atoms with Gasteiger partial charge in [-0.1, -0.05) is 37.3 Å². The highest BCUT2D eigenvalue weighted by Gasteiger charge is 2.26. The number of rotatable bonds is 5. The summed E-state index contributed by atoms with van der Waals surface area (Å²) in [5, 5.41) is 1.06. The fourth-order valence-corrected chi connectivity index (χ4v) is 4.64. The minimum absolute atomic E-state index is 0.106. The molecule has 1 aliphatic rings. The topological polar surface area (TPSA) is 62.2 Å². The zero-order chi connectivity index (χ0) is 20.2. The van der Waals surface area contributed by atoms with Gasteiger partial charge in [-0.25, -0.2) is 15.0 Å². The van der Waals surface area contributed by atoms with E-state index in [0.717, 1.165) is 58.7 Å². The van der Waals surface area contributed by atoms with Crippen LogP contribution in [0.5, 0.6) is 0 Å². The predicted octanol–water partition coefficient (Wildman–Crippen LogP) is 3.82. The van der Waals surface area contributed by atoms with E-state index in [1.165, 1.54) is 0 Å². The SMILES string of the molecule is CCCc1nc(C)c(C(=O)N2CCN(c3ccnc(-c4ccccc4)n3)CC2)s1. The highest BCUT2D eigenvalue weighted by Crippen LogP contribution is 2.23. The molecule has 150 valence electrons. The molecule has 1 saturated heterocycles. The van der Waals surface area contributed by atoms with E-state index < -0.39 is 0 Å². The van der Waals surface area contributed by atoms with Gasteiger partial charge in [-0.3, -0.25) is 4.79 Å². The molecule has 2 aromatic heterocycles. The van der Waals surface area contributed by atoms with E-state index in [2.05, 4.69) is 21.8 Å².